The van der Waals surface area contributed by atoms with E-state index in [1.54, 1.807) is 12.1 Å². The molecule has 25 heavy (non-hydrogen) atoms. The minimum Gasteiger partial charge on any atom is -0.458 e. The number of thiazole rings is 1. The molecular formula is C20H24N2O2S. The molecule has 1 aliphatic rings. The average molecular weight is 356 g/mol. The van der Waals surface area contributed by atoms with Crippen LogP contribution in [-0.2, 0) is 4.74 Å². The van der Waals surface area contributed by atoms with E-state index in [-0.39, 0.29) is 18.0 Å². The van der Waals surface area contributed by atoms with Gasteiger partial charge in [0.25, 0.3) is 0 Å². The number of nitrogens with two attached hydrogens (primary N) is 1. The standard InChI is InChI=1S/C20H24N2O2S/c1-12(2)16-9-4-13(3)10-18(16)24-19(23)15-7-5-14(6-8-15)17-11-25-20(21)22-17/h5-8,11,13,16,18H,1,4,9-10H2,2-3H3,(H2,21,22)/t13-,16-,18+/m1/s1. The number of hydrogen-bond acceptors (Lipinski definition) is 5. The van der Waals surface area contributed by atoms with Gasteiger partial charge in [0.05, 0.1) is 11.3 Å². The molecule has 0 bridgehead atoms. The van der Waals surface area contributed by atoms with Crippen LogP contribution in [0.5, 0.6) is 0 Å². The average Bonchev–Trinajstić information content (AvgIpc) is 3.01. The molecule has 0 aliphatic heterocycles. The molecule has 1 saturated carbocycles. The number of nitrogens with zero attached hydrogens (tertiary/aromatic N) is 1. The molecular weight excluding hydrogens is 332 g/mol. The fourth-order valence-electron chi connectivity index (χ4n) is 3.43. The van der Waals surface area contributed by atoms with E-state index in [0.29, 0.717) is 16.6 Å². The van der Waals surface area contributed by atoms with Gasteiger partial charge in [-0.2, -0.15) is 0 Å². The second kappa shape index (κ2) is 7.40. The lowest BCUT2D eigenvalue weighted by atomic mass is 9.77. The van der Waals surface area contributed by atoms with E-state index in [2.05, 4.69) is 18.5 Å². The Morgan fingerprint density at radius 1 is 1.32 bits per heavy atom. The van der Waals surface area contributed by atoms with Gasteiger partial charge in [-0.3, -0.25) is 0 Å². The molecule has 0 unspecified atom stereocenters. The number of anilines is 1. The summed E-state index contributed by atoms with van der Waals surface area (Å²) >= 11 is 1.40. The van der Waals surface area contributed by atoms with Crippen molar-refractivity contribution in [2.45, 2.75) is 39.2 Å². The quantitative estimate of drug-likeness (QED) is 0.623. The highest BCUT2D eigenvalue weighted by molar-refractivity contribution is 7.13. The van der Waals surface area contributed by atoms with Gasteiger partial charge in [0.2, 0.25) is 0 Å². The molecule has 1 fully saturated rings. The Hall–Kier alpha value is -2.14. The molecule has 5 heteroatoms. The first-order chi connectivity index (χ1) is 11.9. The third-order valence-electron chi connectivity index (χ3n) is 4.88. The van der Waals surface area contributed by atoms with Gasteiger partial charge >= 0.3 is 5.97 Å². The number of hydrogen-bond donors (Lipinski definition) is 1. The van der Waals surface area contributed by atoms with Crippen LogP contribution in [0, 0.1) is 11.8 Å². The van der Waals surface area contributed by atoms with Crippen LogP contribution in [0.2, 0.25) is 0 Å². The highest BCUT2D eigenvalue weighted by atomic mass is 32.1. The maximum atomic E-state index is 12.6. The molecule has 1 aliphatic carbocycles. The van der Waals surface area contributed by atoms with Gasteiger partial charge in [0, 0.05) is 16.9 Å². The first-order valence-electron chi connectivity index (χ1n) is 8.62. The van der Waals surface area contributed by atoms with E-state index in [1.807, 2.05) is 24.4 Å². The Bertz CT molecular complexity index is 766. The SMILES string of the molecule is C=C(C)[C@H]1CC[C@@H](C)C[C@@H]1OC(=O)c1ccc(-c2csc(N)n2)cc1. The molecule has 0 amide bonds. The van der Waals surface area contributed by atoms with Crippen molar-refractivity contribution >= 4 is 22.4 Å². The Morgan fingerprint density at radius 2 is 2.04 bits per heavy atom. The molecule has 132 valence electrons. The van der Waals surface area contributed by atoms with Gasteiger partial charge in [0.1, 0.15) is 6.10 Å². The number of carbonyl (C=O) groups excluding carboxylic acids is 1. The molecule has 2 N–H and O–H groups in total. The Morgan fingerprint density at radius 3 is 2.64 bits per heavy atom. The van der Waals surface area contributed by atoms with E-state index in [4.69, 9.17) is 10.5 Å². The predicted octanol–water partition coefficient (Wildman–Crippen LogP) is 4.93. The van der Waals surface area contributed by atoms with Crippen LogP contribution in [0.15, 0.2) is 41.8 Å². The van der Waals surface area contributed by atoms with Gasteiger partial charge < -0.3 is 10.5 Å². The third-order valence-corrected chi connectivity index (χ3v) is 5.56. The van der Waals surface area contributed by atoms with Gasteiger partial charge in [0.15, 0.2) is 5.13 Å². The summed E-state index contributed by atoms with van der Waals surface area (Å²) < 4.78 is 5.84. The van der Waals surface area contributed by atoms with Crippen molar-refractivity contribution in [2.75, 3.05) is 5.73 Å². The van der Waals surface area contributed by atoms with E-state index >= 15 is 0 Å². The van der Waals surface area contributed by atoms with Crippen molar-refractivity contribution in [3.05, 3.63) is 47.4 Å². The predicted molar refractivity (Wildman–Crippen MR) is 102 cm³/mol. The summed E-state index contributed by atoms with van der Waals surface area (Å²) in [5.41, 5.74) is 9.10. The normalized spacial score (nSPS) is 23.2. The molecule has 1 aromatic heterocycles. The number of benzene rings is 1. The Kier molecular flexibility index (Phi) is 5.23. The second-order valence-corrected chi connectivity index (χ2v) is 7.85. The fourth-order valence-corrected chi connectivity index (χ4v) is 4.00. The van der Waals surface area contributed by atoms with Crippen molar-refractivity contribution < 1.29 is 9.53 Å². The highest BCUT2D eigenvalue weighted by Gasteiger charge is 2.32. The van der Waals surface area contributed by atoms with E-state index < -0.39 is 0 Å². The largest absolute Gasteiger partial charge is 0.458 e. The molecule has 1 heterocycles. The number of rotatable bonds is 4. The van der Waals surface area contributed by atoms with Crippen molar-refractivity contribution in [2.24, 2.45) is 11.8 Å². The molecule has 0 spiro atoms. The Balaban J connectivity index is 1.71. The van der Waals surface area contributed by atoms with Crippen LogP contribution in [0.4, 0.5) is 5.13 Å². The van der Waals surface area contributed by atoms with Crippen LogP contribution in [0.1, 0.15) is 43.5 Å². The second-order valence-electron chi connectivity index (χ2n) is 6.96. The number of carbonyl (C=O) groups is 1. The monoisotopic (exact) mass is 356 g/mol. The summed E-state index contributed by atoms with van der Waals surface area (Å²) in [6.45, 7) is 8.31. The van der Waals surface area contributed by atoms with Crippen molar-refractivity contribution in [1.82, 2.24) is 4.98 Å². The van der Waals surface area contributed by atoms with Crippen molar-refractivity contribution in [3.63, 3.8) is 0 Å². The maximum absolute atomic E-state index is 12.6. The summed E-state index contributed by atoms with van der Waals surface area (Å²) in [5.74, 6) is 0.568. The minimum atomic E-state index is -0.269. The summed E-state index contributed by atoms with van der Waals surface area (Å²) in [4.78, 5) is 16.8. The van der Waals surface area contributed by atoms with Crippen LogP contribution >= 0.6 is 11.3 Å². The van der Waals surface area contributed by atoms with Crippen molar-refractivity contribution in [1.29, 1.82) is 0 Å². The molecule has 3 atom stereocenters. The van der Waals surface area contributed by atoms with Gasteiger partial charge in [-0.15, -0.1) is 11.3 Å². The maximum Gasteiger partial charge on any atom is 0.338 e. The summed E-state index contributed by atoms with van der Waals surface area (Å²) in [6, 6.07) is 7.33. The molecule has 3 rings (SSSR count). The highest BCUT2D eigenvalue weighted by Crippen LogP contribution is 2.35. The summed E-state index contributed by atoms with van der Waals surface area (Å²) in [5, 5.41) is 2.44. The zero-order chi connectivity index (χ0) is 18.0. The van der Waals surface area contributed by atoms with Gasteiger partial charge in [-0.25, -0.2) is 9.78 Å². The number of nitrogen functional groups attached to an aromatic ring is 1. The zero-order valence-corrected chi connectivity index (χ0v) is 15.5. The van der Waals surface area contributed by atoms with Crippen molar-refractivity contribution in [3.8, 4) is 11.3 Å². The lowest BCUT2D eigenvalue weighted by molar-refractivity contribution is 0.000455. The van der Waals surface area contributed by atoms with Crippen LogP contribution in [0.25, 0.3) is 11.3 Å². The van der Waals surface area contributed by atoms with Crippen LogP contribution in [0.3, 0.4) is 0 Å². The van der Waals surface area contributed by atoms with E-state index in [0.717, 1.165) is 36.1 Å². The van der Waals surface area contributed by atoms with E-state index in [1.165, 1.54) is 11.3 Å². The molecule has 4 nitrogen and oxygen atoms in total. The third kappa shape index (κ3) is 4.10. The summed E-state index contributed by atoms with van der Waals surface area (Å²) in [7, 11) is 0. The number of ether oxygens (including phenoxy) is 1. The molecule has 0 radical (unpaired) electrons. The Labute approximate surface area is 152 Å². The lowest BCUT2D eigenvalue weighted by Crippen LogP contribution is -2.33. The molecule has 0 saturated heterocycles. The summed E-state index contributed by atoms with van der Waals surface area (Å²) in [6.07, 6.45) is 3.03. The van der Waals surface area contributed by atoms with Gasteiger partial charge in [-0.05, 0) is 44.2 Å². The van der Waals surface area contributed by atoms with Gasteiger partial charge in [-0.1, -0.05) is 31.2 Å². The number of aromatic nitrogens is 1. The molecule has 2 aromatic rings. The van der Waals surface area contributed by atoms with Crippen LogP contribution in [-0.4, -0.2) is 17.1 Å². The number of esters is 1. The van der Waals surface area contributed by atoms with E-state index in [9.17, 15) is 4.79 Å². The molecule has 1 aromatic carbocycles. The minimum absolute atomic E-state index is 0.0771. The first kappa shape index (κ1) is 17.7. The fraction of sp³-hybridized carbons (Fsp3) is 0.400. The lowest BCUT2D eigenvalue weighted by Gasteiger charge is -2.34. The smallest absolute Gasteiger partial charge is 0.338 e. The zero-order valence-electron chi connectivity index (χ0n) is 14.7. The van der Waals surface area contributed by atoms with Crippen LogP contribution < -0.4 is 5.73 Å². The first-order valence-corrected chi connectivity index (χ1v) is 9.50. The topological polar surface area (TPSA) is 65.2 Å².